The molecule has 2 atom stereocenters. The van der Waals surface area contributed by atoms with Gasteiger partial charge in [-0.2, -0.15) is 0 Å². The van der Waals surface area contributed by atoms with Crippen LogP contribution in [0.4, 0.5) is 0 Å². The summed E-state index contributed by atoms with van der Waals surface area (Å²) in [5.74, 6) is -2.19. The lowest BCUT2D eigenvalue weighted by molar-refractivity contribution is -0.170. The van der Waals surface area contributed by atoms with E-state index in [0.29, 0.717) is 12.0 Å². The number of esters is 1. The van der Waals surface area contributed by atoms with Crippen molar-refractivity contribution < 1.29 is 24.5 Å². The normalized spacial score (nSPS) is 13.1. The van der Waals surface area contributed by atoms with Crippen LogP contribution in [-0.4, -0.2) is 28.3 Å². The molecule has 0 fully saturated rings. The van der Waals surface area contributed by atoms with Crippen LogP contribution in [0.1, 0.15) is 23.7 Å². The number of carboxylic acid groups (broad SMARTS) is 1. The Morgan fingerprint density at radius 2 is 1.52 bits per heavy atom. The third-order valence-corrected chi connectivity index (χ3v) is 3.41. The standard InChI is InChI=1S/C18H18O5/c19-16(14-9-5-2-6-10-14)18(22)23-15(17(20)21)12-11-13-7-3-1-4-8-13/h1-10,15-16,19H,11-12H2,(H,20,21). The van der Waals surface area contributed by atoms with Gasteiger partial charge in [0.05, 0.1) is 0 Å². The van der Waals surface area contributed by atoms with Crippen molar-refractivity contribution >= 4 is 11.9 Å². The van der Waals surface area contributed by atoms with Gasteiger partial charge in [-0.3, -0.25) is 0 Å². The van der Waals surface area contributed by atoms with Gasteiger partial charge < -0.3 is 14.9 Å². The monoisotopic (exact) mass is 314 g/mol. The van der Waals surface area contributed by atoms with Crippen molar-refractivity contribution in [2.75, 3.05) is 0 Å². The van der Waals surface area contributed by atoms with Gasteiger partial charge in [-0.1, -0.05) is 60.7 Å². The average molecular weight is 314 g/mol. The Morgan fingerprint density at radius 3 is 2.09 bits per heavy atom. The van der Waals surface area contributed by atoms with Gasteiger partial charge in [-0.05, 0) is 24.0 Å². The van der Waals surface area contributed by atoms with E-state index in [2.05, 4.69) is 0 Å². The van der Waals surface area contributed by atoms with Gasteiger partial charge >= 0.3 is 11.9 Å². The molecule has 2 unspecified atom stereocenters. The first-order valence-electron chi connectivity index (χ1n) is 7.28. The number of carbonyl (C=O) groups excluding carboxylic acids is 1. The van der Waals surface area contributed by atoms with Gasteiger partial charge in [-0.25, -0.2) is 9.59 Å². The van der Waals surface area contributed by atoms with Crippen LogP contribution in [0.25, 0.3) is 0 Å². The molecule has 0 aliphatic rings. The van der Waals surface area contributed by atoms with Crippen molar-refractivity contribution in [3.8, 4) is 0 Å². The van der Waals surface area contributed by atoms with Gasteiger partial charge in [0.15, 0.2) is 12.2 Å². The second-order valence-corrected chi connectivity index (χ2v) is 5.10. The van der Waals surface area contributed by atoms with Crippen LogP contribution in [0.2, 0.25) is 0 Å². The molecule has 2 N–H and O–H groups in total. The van der Waals surface area contributed by atoms with E-state index in [-0.39, 0.29) is 6.42 Å². The van der Waals surface area contributed by atoms with Crippen LogP contribution in [0.15, 0.2) is 60.7 Å². The Morgan fingerprint density at radius 1 is 0.957 bits per heavy atom. The largest absolute Gasteiger partial charge is 0.479 e. The summed E-state index contributed by atoms with van der Waals surface area (Å²) >= 11 is 0. The fourth-order valence-electron chi connectivity index (χ4n) is 2.15. The number of carbonyl (C=O) groups is 2. The summed E-state index contributed by atoms with van der Waals surface area (Å²) < 4.78 is 4.96. The number of benzene rings is 2. The first-order chi connectivity index (χ1) is 11.1. The molecular formula is C18H18O5. The maximum absolute atomic E-state index is 11.9. The molecule has 23 heavy (non-hydrogen) atoms. The fraction of sp³-hybridized carbons (Fsp3) is 0.222. The van der Waals surface area contributed by atoms with Crippen molar-refractivity contribution in [3.63, 3.8) is 0 Å². The highest BCUT2D eigenvalue weighted by atomic mass is 16.6. The van der Waals surface area contributed by atoms with E-state index < -0.39 is 24.1 Å². The van der Waals surface area contributed by atoms with Crippen molar-refractivity contribution in [1.82, 2.24) is 0 Å². The number of aliphatic carboxylic acids is 1. The maximum Gasteiger partial charge on any atom is 0.345 e. The van der Waals surface area contributed by atoms with Crippen molar-refractivity contribution in [3.05, 3.63) is 71.8 Å². The third kappa shape index (κ3) is 4.93. The van der Waals surface area contributed by atoms with Gasteiger partial charge in [0.1, 0.15) is 0 Å². The Bertz CT molecular complexity index is 639. The molecule has 0 bridgehead atoms. The summed E-state index contributed by atoms with van der Waals surface area (Å²) in [4.78, 5) is 23.2. The highest BCUT2D eigenvalue weighted by Gasteiger charge is 2.27. The Balaban J connectivity index is 1.96. The lowest BCUT2D eigenvalue weighted by atomic mass is 10.1. The number of aliphatic hydroxyl groups excluding tert-OH is 1. The topological polar surface area (TPSA) is 83.8 Å². The lowest BCUT2D eigenvalue weighted by Gasteiger charge is -2.16. The summed E-state index contributed by atoms with van der Waals surface area (Å²) in [6.45, 7) is 0. The molecule has 0 saturated carbocycles. The zero-order valence-corrected chi connectivity index (χ0v) is 12.5. The van der Waals surface area contributed by atoms with Crippen LogP contribution in [0.5, 0.6) is 0 Å². The van der Waals surface area contributed by atoms with Gasteiger partial charge in [0, 0.05) is 0 Å². The molecule has 0 radical (unpaired) electrons. The molecule has 0 aliphatic heterocycles. The second kappa shape index (κ2) is 8.10. The molecule has 120 valence electrons. The molecule has 5 nitrogen and oxygen atoms in total. The van der Waals surface area contributed by atoms with E-state index in [0.717, 1.165) is 5.56 Å². The summed E-state index contributed by atoms with van der Waals surface area (Å²) in [6.07, 6.45) is -2.17. The Kier molecular flexibility index (Phi) is 5.88. The minimum Gasteiger partial charge on any atom is -0.479 e. The maximum atomic E-state index is 11.9. The Hall–Kier alpha value is -2.66. The predicted molar refractivity (Wildman–Crippen MR) is 83.7 cm³/mol. The van der Waals surface area contributed by atoms with Crippen LogP contribution in [0.3, 0.4) is 0 Å². The van der Waals surface area contributed by atoms with E-state index in [1.807, 2.05) is 30.3 Å². The van der Waals surface area contributed by atoms with Crippen LogP contribution in [0, 0.1) is 0 Å². The number of rotatable bonds is 7. The second-order valence-electron chi connectivity index (χ2n) is 5.10. The molecule has 0 amide bonds. The average Bonchev–Trinajstić information content (AvgIpc) is 2.59. The molecule has 2 aromatic carbocycles. The van der Waals surface area contributed by atoms with Crippen LogP contribution in [-0.2, 0) is 20.7 Å². The molecule has 0 aromatic heterocycles. The highest BCUT2D eigenvalue weighted by Crippen LogP contribution is 2.16. The van der Waals surface area contributed by atoms with Gasteiger partial charge in [0.2, 0.25) is 0 Å². The fourth-order valence-corrected chi connectivity index (χ4v) is 2.15. The summed E-state index contributed by atoms with van der Waals surface area (Å²) in [5, 5.41) is 19.1. The van der Waals surface area contributed by atoms with E-state index in [1.54, 1.807) is 30.3 Å². The summed E-state index contributed by atoms with van der Waals surface area (Å²) in [6, 6.07) is 17.6. The van der Waals surface area contributed by atoms with E-state index in [1.165, 1.54) is 0 Å². The van der Waals surface area contributed by atoms with Crippen LogP contribution < -0.4 is 0 Å². The molecule has 0 spiro atoms. The highest BCUT2D eigenvalue weighted by molar-refractivity contribution is 5.81. The zero-order chi connectivity index (χ0) is 16.7. The van der Waals surface area contributed by atoms with E-state index in [9.17, 15) is 19.8 Å². The summed E-state index contributed by atoms with van der Waals surface area (Å²) in [5.41, 5.74) is 1.32. The van der Waals surface area contributed by atoms with Crippen molar-refractivity contribution in [2.45, 2.75) is 25.0 Å². The number of aryl methyl sites for hydroxylation is 1. The van der Waals surface area contributed by atoms with Crippen molar-refractivity contribution in [1.29, 1.82) is 0 Å². The molecule has 0 heterocycles. The van der Waals surface area contributed by atoms with Gasteiger partial charge in [0.25, 0.3) is 0 Å². The number of aliphatic hydroxyl groups is 1. The van der Waals surface area contributed by atoms with E-state index >= 15 is 0 Å². The molecule has 0 aliphatic carbocycles. The molecule has 2 rings (SSSR count). The number of hydrogen-bond donors (Lipinski definition) is 2. The quantitative estimate of drug-likeness (QED) is 0.766. The van der Waals surface area contributed by atoms with Crippen molar-refractivity contribution in [2.24, 2.45) is 0 Å². The smallest absolute Gasteiger partial charge is 0.345 e. The molecule has 0 saturated heterocycles. The van der Waals surface area contributed by atoms with E-state index in [4.69, 9.17) is 4.74 Å². The molecular weight excluding hydrogens is 296 g/mol. The minimum atomic E-state index is -1.49. The number of hydrogen-bond acceptors (Lipinski definition) is 4. The first kappa shape index (κ1) is 16.7. The third-order valence-electron chi connectivity index (χ3n) is 3.41. The molecule has 2 aromatic rings. The lowest BCUT2D eigenvalue weighted by Crippen LogP contribution is -2.30. The zero-order valence-electron chi connectivity index (χ0n) is 12.5. The number of carboxylic acids is 1. The minimum absolute atomic E-state index is 0.145. The van der Waals surface area contributed by atoms with Gasteiger partial charge in [-0.15, -0.1) is 0 Å². The predicted octanol–water partition coefficient (Wildman–Crippen LogP) is 2.35. The molecule has 5 heteroatoms. The number of ether oxygens (including phenoxy) is 1. The van der Waals surface area contributed by atoms with Crippen LogP contribution >= 0.6 is 0 Å². The SMILES string of the molecule is O=C(O)C(CCc1ccccc1)OC(=O)C(O)c1ccccc1. The summed E-state index contributed by atoms with van der Waals surface area (Å²) in [7, 11) is 0. The Labute approximate surface area is 134 Å². The first-order valence-corrected chi connectivity index (χ1v) is 7.28.